The minimum absolute atomic E-state index is 0.0419. The maximum Gasteiger partial charge on any atom is 0.311 e. The van der Waals surface area contributed by atoms with Crippen molar-refractivity contribution in [2.75, 3.05) is 6.61 Å². The molecule has 1 fully saturated rings. The maximum absolute atomic E-state index is 13.7. The summed E-state index contributed by atoms with van der Waals surface area (Å²) >= 11 is 0. The van der Waals surface area contributed by atoms with Gasteiger partial charge in [0.05, 0.1) is 33.5 Å². The summed E-state index contributed by atoms with van der Waals surface area (Å²) in [5.41, 5.74) is -0.898. The molecule has 4 rings (SSSR count). The standard InChI is InChI=1S/C44H59N3O12/c1-41(2,3)37(50)54-24-28-31(56-38(51)42(4,5)6)32(57-39(52)43(7,8)9)33(58-40(53)44(10,11)12)36(55-28)59-35-30-27(22-23-45-34(30)46-47-35)21-20-26-18-16-25(17-19-26)14-13-15-29(48)49/h13-14,16-19,22-23,28,31-33,36H,15,20-21,24H2,1-12H3,(H,48,49)(H,45,46,47)/b14-13+/t28-,31-,32+,33-,36+/m1/s1. The van der Waals surface area contributed by atoms with Gasteiger partial charge < -0.3 is 33.5 Å². The first-order chi connectivity index (χ1) is 27.3. The molecule has 1 aromatic carbocycles. The number of fused-ring (bicyclic) bond motifs is 1. The molecule has 5 atom stereocenters. The topological polar surface area (TPSA) is 203 Å². The number of pyridine rings is 1. The first kappa shape index (κ1) is 46.4. The Balaban J connectivity index is 1.78. The van der Waals surface area contributed by atoms with Gasteiger partial charge in [-0.05, 0) is 119 Å². The fourth-order valence-corrected chi connectivity index (χ4v) is 5.54. The van der Waals surface area contributed by atoms with E-state index in [1.54, 1.807) is 101 Å². The summed E-state index contributed by atoms with van der Waals surface area (Å²) in [6, 6.07) is 9.57. The Morgan fingerprint density at radius 2 is 1.27 bits per heavy atom. The number of nitrogens with one attached hydrogen (secondary N) is 1. The third-order valence-corrected chi connectivity index (χ3v) is 9.16. The second-order valence-corrected chi connectivity index (χ2v) is 18.8. The Labute approximate surface area is 345 Å². The molecular formula is C44H59N3O12. The van der Waals surface area contributed by atoms with Gasteiger partial charge in [-0.15, -0.1) is 5.10 Å². The number of esters is 4. The lowest BCUT2D eigenvalue weighted by atomic mass is 9.93. The number of aliphatic carboxylic acids is 1. The van der Waals surface area contributed by atoms with Crippen LogP contribution in [-0.4, -0.2) is 87.4 Å². The van der Waals surface area contributed by atoms with E-state index in [2.05, 4.69) is 15.2 Å². The van der Waals surface area contributed by atoms with Crippen molar-refractivity contribution in [3.8, 4) is 5.88 Å². The van der Waals surface area contributed by atoms with Crippen molar-refractivity contribution in [3.05, 3.63) is 59.3 Å². The first-order valence-electron chi connectivity index (χ1n) is 19.7. The molecule has 1 aliphatic heterocycles. The van der Waals surface area contributed by atoms with Gasteiger partial charge >= 0.3 is 29.8 Å². The van der Waals surface area contributed by atoms with Gasteiger partial charge in [0.2, 0.25) is 18.3 Å². The van der Waals surface area contributed by atoms with Gasteiger partial charge in [0, 0.05) is 6.20 Å². The van der Waals surface area contributed by atoms with Crippen LogP contribution in [0.3, 0.4) is 0 Å². The van der Waals surface area contributed by atoms with Gasteiger partial charge in [-0.25, -0.2) is 4.98 Å². The van der Waals surface area contributed by atoms with E-state index in [0.717, 1.165) is 16.7 Å². The van der Waals surface area contributed by atoms with Crippen LogP contribution in [0.5, 0.6) is 5.88 Å². The minimum atomic E-state index is -1.54. The zero-order chi connectivity index (χ0) is 44.1. The molecule has 322 valence electrons. The molecule has 15 heteroatoms. The third-order valence-electron chi connectivity index (χ3n) is 9.16. The van der Waals surface area contributed by atoms with Crippen LogP contribution in [0.25, 0.3) is 17.1 Å². The van der Waals surface area contributed by atoms with E-state index in [-0.39, 0.29) is 12.3 Å². The highest BCUT2D eigenvalue weighted by atomic mass is 16.7. The summed E-state index contributed by atoms with van der Waals surface area (Å²) in [5.74, 6) is -3.48. The van der Waals surface area contributed by atoms with E-state index >= 15 is 0 Å². The molecule has 3 heterocycles. The highest BCUT2D eigenvalue weighted by molar-refractivity contribution is 5.84. The molecule has 0 unspecified atom stereocenters. The number of carbonyl (C=O) groups excluding carboxylic acids is 4. The van der Waals surface area contributed by atoms with Crippen molar-refractivity contribution in [2.45, 2.75) is 133 Å². The number of carboxylic acid groups (broad SMARTS) is 1. The number of rotatable bonds is 13. The van der Waals surface area contributed by atoms with Crippen LogP contribution in [0.1, 0.15) is 106 Å². The number of hydrogen-bond donors (Lipinski definition) is 2. The van der Waals surface area contributed by atoms with Gasteiger partial charge in [0.25, 0.3) is 0 Å². The zero-order valence-electron chi connectivity index (χ0n) is 36.2. The van der Waals surface area contributed by atoms with Gasteiger partial charge in [0.1, 0.15) is 12.7 Å². The quantitative estimate of drug-likeness (QED) is 0.135. The number of H-pyrrole nitrogens is 1. The van der Waals surface area contributed by atoms with Crippen LogP contribution in [-0.2, 0) is 60.5 Å². The Bertz CT molecular complexity index is 2010. The van der Waals surface area contributed by atoms with Crippen LogP contribution in [0.4, 0.5) is 0 Å². The molecule has 0 aliphatic carbocycles. The van der Waals surface area contributed by atoms with Gasteiger partial charge in [0.15, 0.2) is 17.9 Å². The summed E-state index contributed by atoms with van der Waals surface area (Å²) in [4.78, 5) is 69.3. The van der Waals surface area contributed by atoms with E-state index in [1.165, 1.54) is 0 Å². The number of nitrogens with zero attached hydrogens (tertiary/aromatic N) is 2. The van der Waals surface area contributed by atoms with Gasteiger partial charge in [-0.3, -0.25) is 29.1 Å². The van der Waals surface area contributed by atoms with Crippen LogP contribution in [0, 0.1) is 21.7 Å². The largest absolute Gasteiger partial charge is 0.481 e. The Morgan fingerprint density at radius 3 is 1.81 bits per heavy atom. The first-order valence-corrected chi connectivity index (χ1v) is 19.7. The van der Waals surface area contributed by atoms with Crippen LogP contribution in [0.15, 0.2) is 42.6 Å². The molecular weight excluding hydrogens is 762 g/mol. The number of benzene rings is 1. The van der Waals surface area contributed by atoms with Gasteiger partial charge in [-0.2, -0.15) is 0 Å². The molecule has 1 aliphatic rings. The van der Waals surface area contributed by atoms with Crippen molar-refractivity contribution in [3.63, 3.8) is 0 Å². The zero-order valence-corrected chi connectivity index (χ0v) is 36.2. The predicted octanol–water partition coefficient (Wildman–Crippen LogP) is 6.80. The van der Waals surface area contributed by atoms with Crippen LogP contribution >= 0.6 is 0 Å². The molecule has 2 aromatic heterocycles. The summed E-state index contributed by atoms with van der Waals surface area (Å²) < 4.78 is 37.0. The SMILES string of the molecule is CC(C)(C)C(=O)OC[C@H]1O[C@@H](Oc2n[nH]c3nccc(CCc4ccc(/C=C/CC(=O)O)cc4)c23)[C@H](OC(=O)C(C)(C)C)[C@@H](OC(=O)C(C)(C)C)[C@@H]1OC(=O)C(C)(C)C. The average molecular weight is 822 g/mol. The van der Waals surface area contributed by atoms with Crippen molar-refractivity contribution < 1.29 is 57.5 Å². The second-order valence-electron chi connectivity index (χ2n) is 18.8. The molecule has 0 radical (unpaired) electrons. The number of hydrogen-bond acceptors (Lipinski definition) is 13. The van der Waals surface area contributed by atoms with E-state index in [1.807, 2.05) is 30.3 Å². The number of aryl methyl sites for hydroxylation is 2. The van der Waals surface area contributed by atoms with Crippen molar-refractivity contribution >= 4 is 47.0 Å². The fraction of sp³-hybridized carbons (Fsp3) is 0.568. The lowest BCUT2D eigenvalue weighted by molar-refractivity contribution is -0.294. The fourth-order valence-electron chi connectivity index (χ4n) is 5.54. The number of carboxylic acids is 1. The maximum atomic E-state index is 13.7. The monoisotopic (exact) mass is 821 g/mol. The van der Waals surface area contributed by atoms with E-state index in [4.69, 9.17) is 33.5 Å². The van der Waals surface area contributed by atoms with E-state index < -0.39 is 88.8 Å². The Hall–Kier alpha value is -5.31. The molecule has 2 N–H and O–H groups in total. The van der Waals surface area contributed by atoms with Gasteiger partial charge in [-0.1, -0.05) is 36.4 Å². The van der Waals surface area contributed by atoms with Crippen molar-refractivity contribution in [1.82, 2.24) is 15.2 Å². The lowest BCUT2D eigenvalue weighted by Crippen LogP contribution is -2.65. The summed E-state index contributed by atoms with van der Waals surface area (Å²) in [5, 5.41) is 16.7. The Kier molecular flexibility index (Phi) is 14.4. The normalized spacial score (nSPS) is 20.2. The Morgan fingerprint density at radius 1 is 0.729 bits per heavy atom. The number of aromatic amines is 1. The summed E-state index contributed by atoms with van der Waals surface area (Å²) in [6.07, 6.45) is -1.21. The van der Waals surface area contributed by atoms with Crippen LogP contribution < -0.4 is 4.74 Å². The third kappa shape index (κ3) is 12.6. The second kappa shape index (κ2) is 18.3. The summed E-state index contributed by atoms with van der Waals surface area (Å²) in [7, 11) is 0. The minimum Gasteiger partial charge on any atom is -0.481 e. The molecule has 0 spiro atoms. The number of carbonyl (C=O) groups is 5. The molecule has 0 bridgehead atoms. The molecule has 1 saturated heterocycles. The van der Waals surface area contributed by atoms with E-state index in [0.29, 0.717) is 23.9 Å². The average Bonchev–Trinajstić information content (AvgIpc) is 3.53. The smallest absolute Gasteiger partial charge is 0.311 e. The molecule has 15 nitrogen and oxygen atoms in total. The predicted molar refractivity (Wildman–Crippen MR) is 217 cm³/mol. The molecule has 0 amide bonds. The summed E-state index contributed by atoms with van der Waals surface area (Å²) in [6.45, 7) is 19.5. The molecule has 3 aromatic rings. The molecule has 0 saturated carbocycles. The number of aromatic nitrogens is 3. The highest BCUT2D eigenvalue weighted by Crippen LogP contribution is 2.36. The number of ether oxygens (including phenoxy) is 6. The van der Waals surface area contributed by atoms with E-state index in [9.17, 15) is 24.0 Å². The molecule has 59 heavy (non-hydrogen) atoms. The van der Waals surface area contributed by atoms with Crippen molar-refractivity contribution in [2.24, 2.45) is 21.7 Å². The van der Waals surface area contributed by atoms with Crippen LogP contribution in [0.2, 0.25) is 0 Å². The van der Waals surface area contributed by atoms with Crippen molar-refractivity contribution in [1.29, 1.82) is 0 Å². The highest BCUT2D eigenvalue weighted by Gasteiger charge is 2.56. The lowest BCUT2D eigenvalue weighted by Gasteiger charge is -2.45.